The van der Waals surface area contributed by atoms with E-state index in [0.29, 0.717) is 6.04 Å². The quantitative estimate of drug-likeness (QED) is 0.863. The van der Waals surface area contributed by atoms with Crippen molar-refractivity contribution in [3.05, 3.63) is 35.9 Å². The predicted octanol–water partition coefficient (Wildman–Crippen LogP) is 1.90. The molecule has 1 aromatic carbocycles. The van der Waals surface area contributed by atoms with Gasteiger partial charge in [-0.1, -0.05) is 31.5 Å². The summed E-state index contributed by atoms with van der Waals surface area (Å²) in [5, 5.41) is 3.46. The van der Waals surface area contributed by atoms with Crippen LogP contribution in [0.25, 0.3) is 0 Å². The van der Waals surface area contributed by atoms with E-state index in [2.05, 4.69) is 12.2 Å². The Kier molecular flexibility index (Phi) is 4.15. The standard InChI is InChI=1S/C14H20N2O/c1-2-6-13-11-16(10-9-15-13)14(17)12-7-4-3-5-8-12/h3-5,7-8,13,15H,2,6,9-11H2,1H3. The maximum Gasteiger partial charge on any atom is 0.253 e. The van der Waals surface area contributed by atoms with E-state index in [1.165, 1.54) is 0 Å². The molecule has 92 valence electrons. The number of nitrogens with zero attached hydrogens (tertiary/aromatic N) is 1. The van der Waals surface area contributed by atoms with Gasteiger partial charge in [0.1, 0.15) is 0 Å². The van der Waals surface area contributed by atoms with E-state index in [4.69, 9.17) is 0 Å². The number of hydrogen-bond acceptors (Lipinski definition) is 2. The Morgan fingerprint density at radius 1 is 1.41 bits per heavy atom. The highest BCUT2D eigenvalue weighted by Gasteiger charge is 2.23. The summed E-state index contributed by atoms with van der Waals surface area (Å²) in [4.78, 5) is 14.2. The van der Waals surface area contributed by atoms with Crippen molar-refractivity contribution in [1.82, 2.24) is 10.2 Å². The lowest BCUT2D eigenvalue weighted by molar-refractivity contribution is 0.0699. The van der Waals surface area contributed by atoms with Crippen molar-refractivity contribution in [2.24, 2.45) is 0 Å². The highest BCUT2D eigenvalue weighted by atomic mass is 16.2. The second-order valence-corrected chi connectivity index (χ2v) is 4.56. The van der Waals surface area contributed by atoms with Crippen LogP contribution in [0.5, 0.6) is 0 Å². The first-order valence-electron chi connectivity index (χ1n) is 6.39. The molecule has 1 aliphatic heterocycles. The van der Waals surface area contributed by atoms with Gasteiger partial charge in [-0.15, -0.1) is 0 Å². The van der Waals surface area contributed by atoms with Crippen molar-refractivity contribution in [3.63, 3.8) is 0 Å². The van der Waals surface area contributed by atoms with Gasteiger partial charge in [0, 0.05) is 31.2 Å². The Labute approximate surface area is 103 Å². The zero-order chi connectivity index (χ0) is 12.1. The zero-order valence-corrected chi connectivity index (χ0v) is 10.4. The van der Waals surface area contributed by atoms with Crippen LogP contribution in [0.4, 0.5) is 0 Å². The third kappa shape index (κ3) is 3.07. The number of carbonyl (C=O) groups is 1. The van der Waals surface area contributed by atoms with Gasteiger partial charge in [0.25, 0.3) is 5.91 Å². The first kappa shape index (κ1) is 12.1. The molecule has 0 spiro atoms. The molecule has 1 amide bonds. The van der Waals surface area contributed by atoms with Gasteiger partial charge in [-0.05, 0) is 18.6 Å². The zero-order valence-electron chi connectivity index (χ0n) is 10.4. The van der Waals surface area contributed by atoms with Gasteiger partial charge in [-0.25, -0.2) is 0 Å². The van der Waals surface area contributed by atoms with Crippen LogP contribution in [0.1, 0.15) is 30.1 Å². The normalized spacial score (nSPS) is 20.3. The van der Waals surface area contributed by atoms with Crippen LogP contribution in [0.2, 0.25) is 0 Å². The summed E-state index contributed by atoms with van der Waals surface area (Å²) in [6, 6.07) is 10.0. The van der Waals surface area contributed by atoms with Gasteiger partial charge in [0.05, 0.1) is 0 Å². The summed E-state index contributed by atoms with van der Waals surface area (Å²) in [5.74, 6) is 0.160. The van der Waals surface area contributed by atoms with E-state index in [9.17, 15) is 4.79 Å². The lowest BCUT2D eigenvalue weighted by Gasteiger charge is -2.33. The summed E-state index contributed by atoms with van der Waals surface area (Å²) >= 11 is 0. The molecule has 1 unspecified atom stereocenters. The molecule has 1 saturated heterocycles. The first-order valence-corrected chi connectivity index (χ1v) is 6.39. The fourth-order valence-electron chi connectivity index (χ4n) is 2.32. The largest absolute Gasteiger partial charge is 0.336 e. The van der Waals surface area contributed by atoms with Gasteiger partial charge in [-0.3, -0.25) is 4.79 Å². The SMILES string of the molecule is CCCC1CN(C(=O)c2ccccc2)CCN1. The lowest BCUT2D eigenvalue weighted by Crippen LogP contribution is -2.52. The smallest absolute Gasteiger partial charge is 0.253 e. The van der Waals surface area contributed by atoms with Crippen LogP contribution in [-0.4, -0.2) is 36.5 Å². The number of rotatable bonds is 3. The molecule has 0 bridgehead atoms. The monoisotopic (exact) mass is 232 g/mol. The third-order valence-corrected chi connectivity index (χ3v) is 3.20. The second kappa shape index (κ2) is 5.82. The lowest BCUT2D eigenvalue weighted by atomic mass is 10.1. The summed E-state index contributed by atoms with van der Waals surface area (Å²) in [7, 11) is 0. The topological polar surface area (TPSA) is 32.3 Å². The molecule has 17 heavy (non-hydrogen) atoms. The highest BCUT2D eigenvalue weighted by Crippen LogP contribution is 2.10. The van der Waals surface area contributed by atoms with Crippen molar-refractivity contribution in [2.45, 2.75) is 25.8 Å². The molecule has 2 rings (SSSR count). The number of amides is 1. The van der Waals surface area contributed by atoms with Crippen LogP contribution in [0.15, 0.2) is 30.3 Å². The van der Waals surface area contributed by atoms with Gasteiger partial charge in [0.2, 0.25) is 0 Å². The van der Waals surface area contributed by atoms with E-state index in [0.717, 1.165) is 38.0 Å². The molecule has 0 aliphatic carbocycles. The summed E-state index contributed by atoms with van der Waals surface area (Å²) in [6.45, 7) is 4.73. The molecule has 1 aromatic rings. The van der Waals surface area contributed by atoms with Gasteiger partial charge in [-0.2, -0.15) is 0 Å². The van der Waals surface area contributed by atoms with Crippen molar-refractivity contribution >= 4 is 5.91 Å². The molecule has 0 radical (unpaired) electrons. The fourth-order valence-corrected chi connectivity index (χ4v) is 2.32. The van der Waals surface area contributed by atoms with E-state index in [-0.39, 0.29) is 5.91 Å². The van der Waals surface area contributed by atoms with Crippen LogP contribution in [0.3, 0.4) is 0 Å². The molecule has 1 aliphatic rings. The Hall–Kier alpha value is -1.35. The van der Waals surface area contributed by atoms with Gasteiger partial charge >= 0.3 is 0 Å². The average molecular weight is 232 g/mol. The van der Waals surface area contributed by atoms with Crippen molar-refractivity contribution < 1.29 is 4.79 Å². The van der Waals surface area contributed by atoms with Crippen LogP contribution in [-0.2, 0) is 0 Å². The van der Waals surface area contributed by atoms with Crippen molar-refractivity contribution in [3.8, 4) is 0 Å². The number of benzene rings is 1. The molecule has 3 heteroatoms. The van der Waals surface area contributed by atoms with E-state index in [1.54, 1.807) is 0 Å². The maximum atomic E-state index is 12.2. The third-order valence-electron chi connectivity index (χ3n) is 3.20. The summed E-state index contributed by atoms with van der Waals surface area (Å²) in [6.07, 6.45) is 2.30. The number of carbonyl (C=O) groups excluding carboxylic acids is 1. The second-order valence-electron chi connectivity index (χ2n) is 4.56. The molecule has 0 saturated carbocycles. The summed E-state index contributed by atoms with van der Waals surface area (Å²) < 4.78 is 0. The number of piperazine rings is 1. The van der Waals surface area contributed by atoms with Gasteiger partial charge < -0.3 is 10.2 Å². The molecule has 1 atom stereocenters. The van der Waals surface area contributed by atoms with Gasteiger partial charge in [0.15, 0.2) is 0 Å². The minimum absolute atomic E-state index is 0.160. The first-order chi connectivity index (χ1) is 8.31. The van der Waals surface area contributed by atoms with Crippen molar-refractivity contribution in [1.29, 1.82) is 0 Å². The van der Waals surface area contributed by atoms with Crippen LogP contribution >= 0.6 is 0 Å². The summed E-state index contributed by atoms with van der Waals surface area (Å²) in [5.41, 5.74) is 0.796. The predicted molar refractivity (Wildman–Crippen MR) is 69.0 cm³/mol. The van der Waals surface area contributed by atoms with Crippen LogP contribution < -0.4 is 5.32 Å². The maximum absolute atomic E-state index is 12.2. The number of nitrogens with one attached hydrogen (secondary N) is 1. The Balaban J connectivity index is 2.00. The average Bonchev–Trinajstić information content (AvgIpc) is 2.40. The molecule has 1 heterocycles. The van der Waals surface area contributed by atoms with Crippen molar-refractivity contribution in [2.75, 3.05) is 19.6 Å². The molecule has 0 aromatic heterocycles. The van der Waals surface area contributed by atoms with Crippen LogP contribution in [0, 0.1) is 0 Å². The Morgan fingerprint density at radius 2 is 2.18 bits per heavy atom. The van der Waals surface area contributed by atoms with E-state index in [1.807, 2.05) is 35.2 Å². The molecule has 1 N–H and O–H groups in total. The molecular weight excluding hydrogens is 212 g/mol. The highest BCUT2D eigenvalue weighted by molar-refractivity contribution is 5.94. The Bertz CT molecular complexity index is 362. The van der Waals surface area contributed by atoms with E-state index < -0.39 is 0 Å². The Morgan fingerprint density at radius 3 is 2.88 bits per heavy atom. The van der Waals surface area contributed by atoms with E-state index >= 15 is 0 Å². The molecular formula is C14H20N2O. The molecule has 1 fully saturated rings. The molecule has 3 nitrogen and oxygen atoms in total. The minimum atomic E-state index is 0.160. The number of hydrogen-bond donors (Lipinski definition) is 1. The minimum Gasteiger partial charge on any atom is -0.336 e. The fraction of sp³-hybridized carbons (Fsp3) is 0.500.